The van der Waals surface area contributed by atoms with E-state index in [1.54, 1.807) is 25.3 Å². The van der Waals surface area contributed by atoms with Gasteiger partial charge in [0.05, 0.1) is 13.2 Å². The molecule has 1 atom stereocenters. The molecule has 0 aromatic heterocycles. The van der Waals surface area contributed by atoms with Crippen molar-refractivity contribution < 1.29 is 14.3 Å². The largest absolute Gasteiger partial charge is 0.496 e. The van der Waals surface area contributed by atoms with Crippen molar-refractivity contribution in [2.45, 2.75) is 25.3 Å². The highest BCUT2D eigenvalue weighted by Gasteiger charge is 2.31. The number of urea groups is 1. The van der Waals surface area contributed by atoms with E-state index in [1.165, 1.54) is 0 Å². The number of nitrogens with two attached hydrogens (primary N) is 1. The van der Waals surface area contributed by atoms with Crippen LogP contribution in [-0.2, 0) is 6.42 Å². The van der Waals surface area contributed by atoms with Crippen molar-refractivity contribution in [3.8, 4) is 5.75 Å². The number of benzene rings is 2. The van der Waals surface area contributed by atoms with Gasteiger partial charge < -0.3 is 20.7 Å². The van der Waals surface area contributed by atoms with Gasteiger partial charge in [0.25, 0.3) is 0 Å². The minimum atomic E-state index is -0.447. The van der Waals surface area contributed by atoms with Crippen LogP contribution < -0.4 is 15.8 Å². The third-order valence-corrected chi connectivity index (χ3v) is 4.91. The normalized spacial score (nSPS) is 16.2. The van der Waals surface area contributed by atoms with Crippen LogP contribution >= 0.6 is 0 Å². The lowest BCUT2D eigenvalue weighted by atomic mass is 10.0. The summed E-state index contributed by atoms with van der Waals surface area (Å²) in [5.74, 6) is 0.364. The molecule has 6 nitrogen and oxygen atoms in total. The molecule has 3 N–H and O–H groups in total. The van der Waals surface area contributed by atoms with Gasteiger partial charge in [0.15, 0.2) is 0 Å². The standard InChI is InChI=1S/C21H25N3O3/c1-27-19-10-3-2-8-17(19)18-9-5-13-24(18)21(26)23-12-11-15-6-4-7-16(14-15)20(22)25/h2-4,6-8,10,14,18H,5,9,11-13H2,1H3,(H2,22,25)(H,23,26). The van der Waals surface area contributed by atoms with E-state index in [-0.39, 0.29) is 12.1 Å². The van der Waals surface area contributed by atoms with Crippen LogP contribution in [0.3, 0.4) is 0 Å². The van der Waals surface area contributed by atoms with Crippen LogP contribution in [0.5, 0.6) is 5.75 Å². The Kier molecular flexibility index (Phi) is 5.96. The van der Waals surface area contributed by atoms with E-state index >= 15 is 0 Å². The molecule has 0 spiro atoms. The van der Waals surface area contributed by atoms with E-state index in [0.29, 0.717) is 18.5 Å². The van der Waals surface area contributed by atoms with Gasteiger partial charge >= 0.3 is 6.03 Å². The Hall–Kier alpha value is -3.02. The number of methoxy groups -OCH3 is 1. The van der Waals surface area contributed by atoms with Gasteiger partial charge in [0.2, 0.25) is 5.91 Å². The lowest BCUT2D eigenvalue weighted by molar-refractivity contribution is 0.1000. The van der Waals surface area contributed by atoms with Crippen molar-refractivity contribution in [3.05, 3.63) is 65.2 Å². The molecule has 142 valence electrons. The molecule has 0 radical (unpaired) electrons. The van der Waals surface area contributed by atoms with Crippen LogP contribution in [0, 0.1) is 0 Å². The first-order valence-electron chi connectivity index (χ1n) is 9.16. The molecule has 2 aromatic rings. The topological polar surface area (TPSA) is 84.7 Å². The number of carbonyl (C=O) groups is 2. The van der Waals surface area contributed by atoms with Gasteiger partial charge in [-0.05, 0) is 43.0 Å². The van der Waals surface area contributed by atoms with Crippen molar-refractivity contribution in [2.75, 3.05) is 20.2 Å². The molecule has 2 aromatic carbocycles. The molecule has 1 unspecified atom stereocenters. The molecule has 0 bridgehead atoms. The number of primary amides is 1. The van der Waals surface area contributed by atoms with Gasteiger partial charge in [-0.3, -0.25) is 4.79 Å². The number of nitrogens with zero attached hydrogens (tertiary/aromatic N) is 1. The van der Waals surface area contributed by atoms with Gasteiger partial charge in [0, 0.05) is 24.2 Å². The molecule has 1 aliphatic heterocycles. The quantitative estimate of drug-likeness (QED) is 0.823. The average molecular weight is 367 g/mol. The third-order valence-electron chi connectivity index (χ3n) is 4.91. The van der Waals surface area contributed by atoms with Crippen molar-refractivity contribution in [1.29, 1.82) is 0 Å². The molecule has 1 saturated heterocycles. The summed E-state index contributed by atoms with van der Waals surface area (Å²) in [5, 5.41) is 2.99. The summed E-state index contributed by atoms with van der Waals surface area (Å²) in [7, 11) is 1.65. The first-order chi connectivity index (χ1) is 13.1. The first kappa shape index (κ1) is 18.8. The van der Waals surface area contributed by atoms with Crippen LogP contribution in [0.4, 0.5) is 4.79 Å². The zero-order valence-electron chi connectivity index (χ0n) is 15.5. The third kappa shape index (κ3) is 4.39. The first-order valence-corrected chi connectivity index (χ1v) is 9.16. The minimum Gasteiger partial charge on any atom is -0.496 e. The number of nitrogens with one attached hydrogen (secondary N) is 1. The highest BCUT2D eigenvalue weighted by Crippen LogP contribution is 2.36. The SMILES string of the molecule is COc1ccccc1C1CCCN1C(=O)NCCc1cccc(C(N)=O)c1. The van der Waals surface area contributed by atoms with Crippen LogP contribution in [0.1, 0.15) is 40.4 Å². The van der Waals surface area contributed by atoms with Crippen molar-refractivity contribution >= 4 is 11.9 Å². The summed E-state index contributed by atoms with van der Waals surface area (Å²) in [6.07, 6.45) is 2.53. The number of ether oxygens (including phenoxy) is 1. The Morgan fingerprint density at radius 2 is 2.04 bits per heavy atom. The molecular weight excluding hydrogens is 342 g/mol. The van der Waals surface area contributed by atoms with E-state index in [1.807, 2.05) is 35.2 Å². The second-order valence-electron chi connectivity index (χ2n) is 6.64. The number of carbonyl (C=O) groups excluding carboxylic acids is 2. The van der Waals surface area contributed by atoms with E-state index < -0.39 is 5.91 Å². The summed E-state index contributed by atoms with van der Waals surface area (Å²) in [4.78, 5) is 25.8. The Balaban J connectivity index is 1.60. The monoisotopic (exact) mass is 367 g/mol. The van der Waals surface area contributed by atoms with Crippen molar-refractivity contribution in [3.63, 3.8) is 0 Å². The molecule has 3 amide bonds. The predicted octanol–water partition coefficient (Wildman–Crippen LogP) is 2.88. The number of amides is 3. The highest BCUT2D eigenvalue weighted by atomic mass is 16.5. The molecule has 0 aliphatic carbocycles. The predicted molar refractivity (Wildman–Crippen MR) is 104 cm³/mol. The lowest BCUT2D eigenvalue weighted by Crippen LogP contribution is -2.40. The molecule has 1 heterocycles. The molecule has 0 saturated carbocycles. The second-order valence-corrected chi connectivity index (χ2v) is 6.64. The molecule has 27 heavy (non-hydrogen) atoms. The van der Waals surface area contributed by atoms with Gasteiger partial charge in [-0.25, -0.2) is 4.79 Å². The molecule has 3 rings (SSSR count). The van der Waals surface area contributed by atoms with E-state index in [4.69, 9.17) is 10.5 Å². The maximum absolute atomic E-state index is 12.7. The summed E-state index contributed by atoms with van der Waals surface area (Å²) in [5.41, 5.74) is 7.80. The fraction of sp³-hybridized carbons (Fsp3) is 0.333. The van der Waals surface area contributed by atoms with Crippen LogP contribution in [0.25, 0.3) is 0 Å². The fourth-order valence-corrected chi connectivity index (χ4v) is 3.57. The zero-order valence-corrected chi connectivity index (χ0v) is 15.5. The zero-order chi connectivity index (χ0) is 19.2. The second kappa shape index (κ2) is 8.58. The number of hydrogen-bond acceptors (Lipinski definition) is 3. The molecule has 1 aliphatic rings. The molecule has 6 heteroatoms. The van der Waals surface area contributed by atoms with E-state index in [2.05, 4.69) is 5.32 Å². The van der Waals surface area contributed by atoms with Crippen molar-refractivity contribution in [1.82, 2.24) is 10.2 Å². The summed E-state index contributed by atoms with van der Waals surface area (Å²) >= 11 is 0. The van der Waals surface area contributed by atoms with Gasteiger partial charge in [-0.1, -0.05) is 30.3 Å². The number of hydrogen-bond donors (Lipinski definition) is 2. The van der Waals surface area contributed by atoms with Gasteiger partial charge in [-0.2, -0.15) is 0 Å². The van der Waals surface area contributed by atoms with Crippen LogP contribution in [-0.4, -0.2) is 37.0 Å². The van der Waals surface area contributed by atoms with Gasteiger partial charge in [0.1, 0.15) is 5.75 Å². The lowest BCUT2D eigenvalue weighted by Gasteiger charge is -2.26. The highest BCUT2D eigenvalue weighted by molar-refractivity contribution is 5.92. The Labute approximate surface area is 159 Å². The smallest absolute Gasteiger partial charge is 0.317 e. The maximum Gasteiger partial charge on any atom is 0.317 e. The van der Waals surface area contributed by atoms with Crippen molar-refractivity contribution in [2.24, 2.45) is 5.73 Å². The van der Waals surface area contributed by atoms with E-state index in [9.17, 15) is 9.59 Å². The number of rotatable bonds is 6. The Morgan fingerprint density at radius 3 is 2.81 bits per heavy atom. The maximum atomic E-state index is 12.7. The van der Waals surface area contributed by atoms with E-state index in [0.717, 1.165) is 36.3 Å². The van der Waals surface area contributed by atoms with Crippen LogP contribution in [0.15, 0.2) is 48.5 Å². The number of likely N-dealkylation sites (tertiary alicyclic amines) is 1. The molecular formula is C21H25N3O3. The number of para-hydroxylation sites is 1. The Morgan fingerprint density at radius 1 is 1.22 bits per heavy atom. The van der Waals surface area contributed by atoms with Crippen LogP contribution in [0.2, 0.25) is 0 Å². The molecule has 1 fully saturated rings. The summed E-state index contributed by atoms with van der Waals surface area (Å²) < 4.78 is 5.46. The fourth-order valence-electron chi connectivity index (χ4n) is 3.57. The van der Waals surface area contributed by atoms with Gasteiger partial charge in [-0.15, -0.1) is 0 Å². The minimum absolute atomic E-state index is 0.0272. The average Bonchev–Trinajstić information content (AvgIpc) is 3.18. The summed E-state index contributed by atoms with van der Waals surface area (Å²) in [6, 6.07) is 15.0. The summed E-state index contributed by atoms with van der Waals surface area (Å²) in [6.45, 7) is 1.22. The Bertz CT molecular complexity index is 822.